The molecule has 5 rings (SSSR count). The number of para-hydroxylation sites is 1. The third-order valence-electron chi connectivity index (χ3n) is 5.83. The van der Waals surface area contributed by atoms with E-state index in [9.17, 15) is 9.59 Å². The number of amides is 2. The number of H-pyrrole nitrogens is 1. The molecule has 4 aromatic rings. The van der Waals surface area contributed by atoms with Crippen molar-refractivity contribution >= 4 is 28.7 Å². The molecule has 4 heterocycles. The molecule has 2 N–H and O–H groups in total. The summed E-state index contributed by atoms with van der Waals surface area (Å²) in [6, 6.07) is 15.0. The van der Waals surface area contributed by atoms with Crippen LogP contribution in [0.4, 0.5) is 10.5 Å². The van der Waals surface area contributed by atoms with Gasteiger partial charge in [0.05, 0.1) is 11.7 Å². The number of anilines is 1. The maximum Gasteiger partial charge on any atom is 0.414 e. The molecule has 0 saturated carbocycles. The lowest BCUT2D eigenvalue weighted by molar-refractivity contribution is 0.0571. The first-order chi connectivity index (χ1) is 16.8. The summed E-state index contributed by atoms with van der Waals surface area (Å²) in [5.74, 6) is -0.295. The number of nitrogens with one attached hydrogen (secondary N) is 2. The molecule has 8 heteroatoms. The Morgan fingerprint density at radius 1 is 1.09 bits per heavy atom. The van der Waals surface area contributed by atoms with Crippen LogP contribution in [0.25, 0.3) is 22.2 Å². The fourth-order valence-electron chi connectivity index (χ4n) is 4.27. The molecule has 35 heavy (non-hydrogen) atoms. The van der Waals surface area contributed by atoms with Gasteiger partial charge in [-0.3, -0.25) is 14.7 Å². The molecule has 0 fully saturated rings. The van der Waals surface area contributed by atoms with Crippen molar-refractivity contribution in [2.75, 3.05) is 11.4 Å². The van der Waals surface area contributed by atoms with Crippen molar-refractivity contribution < 1.29 is 14.3 Å². The number of carbonyl (C=O) groups excluding carboxylic acids is 2. The summed E-state index contributed by atoms with van der Waals surface area (Å²) in [5, 5.41) is 4.05. The van der Waals surface area contributed by atoms with E-state index in [4.69, 9.17) is 4.74 Å². The molecule has 1 unspecified atom stereocenters. The fourth-order valence-corrected chi connectivity index (χ4v) is 4.27. The second kappa shape index (κ2) is 8.87. The Balaban J connectivity index is 1.36. The summed E-state index contributed by atoms with van der Waals surface area (Å²) < 4.78 is 5.62. The van der Waals surface area contributed by atoms with E-state index in [1.807, 2.05) is 69.4 Å². The van der Waals surface area contributed by atoms with Gasteiger partial charge < -0.3 is 15.0 Å². The molecule has 1 atom stereocenters. The first-order valence-electron chi connectivity index (χ1n) is 11.6. The highest BCUT2D eigenvalue weighted by molar-refractivity contribution is 5.95. The number of carbonyl (C=O) groups is 2. The molecule has 0 aliphatic carbocycles. The predicted octanol–water partition coefficient (Wildman–Crippen LogP) is 4.72. The number of hydrogen-bond donors (Lipinski definition) is 2. The SMILES string of the molecule is CC(C)(C)OC(=O)N1CC(NC(=O)c2cc(-c3cnc4[nH]ccc4c3)ccn2)Cc2ccccc21. The minimum Gasteiger partial charge on any atom is -0.443 e. The number of rotatable bonds is 3. The Morgan fingerprint density at radius 3 is 2.74 bits per heavy atom. The van der Waals surface area contributed by atoms with Gasteiger partial charge in [0.15, 0.2) is 0 Å². The molecule has 178 valence electrons. The van der Waals surface area contributed by atoms with E-state index in [1.54, 1.807) is 23.4 Å². The van der Waals surface area contributed by atoms with E-state index in [2.05, 4.69) is 20.3 Å². The molecule has 0 saturated heterocycles. The molecule has 3 aromatic heterocycles. The summed E-state index contributed by atoms with van der Waals surface area (Å²) in [5.41, 5.74) is 4.03. The topological polar surface area (TPSA) is 100 Å². The number of aromatic nitrogens is 3. The Kier molecular flexibility index (Phi) is 5.72. The number of pyridine rings is 2. The van der Waals surface area contributed by atoms with Gasteiger partial charge in [0.25, 0.3) is 5.91 Å². The average molecular weight is 470 g/mol. The van der Waals surface area contributed by atoms with E-state index in [1.165, 1.54) is 0 Å². The van der Waals surface area contributed by atoms with Crippen LogP contribution in [-0.4, -0.2) is 45.1 Å². The number of aromatic amines is 1. The first-order valence-corrected chi connectivity index (χ1v) is 11.6. The van der Waals surface area contributed by atoms with E-state index < -0.39 is 11.7 Å². The Labute approximate surface area is 203 Å². The molecular weight excluding hydrogens is 442 g/mol. The third kappa shape index (κ3) is 4.87. The van der Waals surface area contributed by atoms with Crippen LogP contribution in [0.3, 0.4) is 0 Å². The van der Waals surface area contributed by atoms with Gasteiger partial charge in [-0.15, -0.1) is 0 Å². The third-order valence-corrected chi connectivity index (χ3v) is 5.83. The zero-order chi connectivity index (χ0) is 24.6. The lowest BCUT2D eigenvalue weighted by atomic mass is 9.98. The standard InChI is InChI=1S/C27H27N5O3/c1-27(2,3)35-26(34)32-16-21(13-18-6-4-5-7-23(18)32)31-25(33)22-14-17(8-10-28-22)20-12-19-9-11-29-24(19)30-15-20/h4-12,14-15,21H,13,16H2,1-3H3,(H,29,30)(H,31,33). The van der Waals surface area contributed by atoms with Crippen LogP contribution in [0.5, 0.6) is 0 Å². The van der Waals surface area contributed by atoms with E-state index >= 15 is 0 Å². The average Bonchev–Trinajstić information content (AvgIpc) is 3.30. The summed E-state index contributed by atoms with van der Waals surface area (Å²) in [6.45, 7) is 5.82. The highest BCUT2D eigenvalue weighted by Crippen LogP contribution is 2.29. The second-order valence-corrected chi connectivity index (χ2v) is 9.66. The molecule has 1 aliphatic rings. The van der Waals surface area contributed by atoms with Gasteiger partial charge in [0.2, 0.25) is 0 Å². The molecule has 0 spiro atoms. The van der Waals surface area contributed by atoms with Crippen molar-refractivity contribution in [3.63, 3.8) is 0 Å². The maximum atomic E-state index is 13.2. The van der Waals surface area contributed by atoms with Crippen LogP contribution in [0.15, 0.2) is 67.1 Å². The summed E-state index contributed by atoms with van der Waals surface area (Å²) in [6.07, 6.45) is 5.41. The van der Waals surface area contributed by atoms with Gasteiger partial charge in [0.1, 0.15) is 16.9 Å². The molecule has 8 nitrogen and oxygen atoms in total. The lowest BCUT2D eigenvalue weighted by Crippen LogP contribution is -2.51. The van der Waals surface area contributed by atoms with Crippen LogP contribution in [0.2, 0.25) is 0 Å². The predicted molar refractivity (Wildman–Crippen MR) is 134 cm³/mol. The van der Waals surface area contributed by atoms with Crippen LogP contribution in [0.1, 0.15) is 36.8 Å². The van der Waals surface area contributed by atoms with Crippen LogP contribution >= 0.6 is 0 Å². The Bertz CT molecular complexity index is 1410. The van der Waals surface area contributed by atoms with Crippen LogP contribution in [-0.2, 0) is 11.2 Å². The first kappa shape index (κ1) is 22.6. The van der Waals surface area contributed by atoms with Crippen molar-refractivity contribution in [1.82, 2.24) is 20.3 Å². The highest BCUT2D eigenvalue weighted by atomic mass is 16.6. The second-order valence-electron chi connectivity index (χ2n) is 9.66. The maximum absolute atomic E-state index is 13.2. The Hall–Kier alpha value is -4.20. The summed E-state index contributed by atoms with van der Waals surface area (Å²) >= 11 is 0. The zero-order valence-corrected chi connectivity index (χ0v) is 19.9. The monoisotopic (exact) mass is 469 g/mol. The minimum atomic E-state index is -0.620. The van der Waals surface area contributed by atoms with Gasteiger partial charge >= 0.3 is 6.09 Å². The van der Waals surface area contributed by atoms with Crippen molar-refractivity contribution in [2.45, 2.75) is 38.8 Å². The van der Waals surface area contributed by atoms with Gasteiger partial charge in [-0.25, -0.2) is 9.78 Å². The molecule has 1 aliphatic heterocycles. The van der Waals surface area contributed by atoms with E-state index in [0.29, 0.717) is 18.7 Å². The van der Waals surface area contributed by atoms with Gasteiger partial charge in [0, 0.05) is 36.1 Å². The highest BCUT2D eigenvalue weighted by Gasteiger charge is 2.32. The molecule has 0 radical (unpaired) electrons. The van der Waals surface area contributed by atoms with Crippen molar-refractivity contribution in [1.29, 1.82) is 0 Å². The molecule has 2 amide bonds. The van der Waals surface area contributed by atoms with E-state index in [0.717, 1.165) is 33.4 Å². The number of benzene rings is 1. The Morgan fingerprint density at radius 2 is 1.91 bits per heavy atom. The molecule has 1 aromatic carbocycles. The molecule has 0 bridgehead atoms. The van der Waals surface area contributed by atoms with Crippen molar-refractivity contribution in [3.05, 3.63) is 78.4 Å². The number of hydrogen-bond acceptors (Lipinski definition) is 5. The van der Waals surface area contributed by atoms with Gasteiger partial charge in [-0.2, -0.15) is 0 Å². The van der Waals surface area contributed by atoms with Crippen LogP contribution < -0.4 is 10.2 Å². The van der Waals surface area contributed by atoms with Crippen molar-refractivity contribution in [2.24, 2.45) is 0 Å². The van der Waals surface area contributed by atoms with Crippen molar-refractivity contribution in [3.8, 4) is 11.1 Å². The van der Waals surface area contributed by atoms with Crippen LogP contribution in [0, 0.1) is 0 Å². The number of fused-ring (bicyclic) bond motifs is 2. The largest absolute Gasteiger partial charge is 0.443 e. The number of ether oxygens (including phenoxy) is 1. The molecular formula is C27H27N5O3. The zero-order valence-electron chi connectivity index (χ0n) is 19.9. The normalized spacial score (nSPS) is 15.5. The number of nitrogens with zero attached hydrogens (tertiary/aromatic N) is 3. The fraction of sp³-hybridized carbons (Fsp3) is 0.259. The van der Waals surface area contributed by atoms with Gasteiger partial charge in [-0.05, 0) is 68.7 Å². The lowest BCUT2D eigenvalue weighted by Gasteiger charge is -2.35. The smallest absolute Gasteiger partial charge is 0.414 e. The summed E-state index contributed by atoms with van der Waals surface area (Å²) in [4.78, 5) is 39.5. The van der Waals surface area contributed by atoms with E-state index in [-0.39, 0.29) is 11.9 Å². The minimum absolute atomic E-state index is 0.284. The quantitative estimate of drug-likeness (QED) is 0.452. The summed E-state index contributed by atoms with van der Waals surface area (Å²) in [7, 11) is 0. The van der Waals surface area contributed by atoms with Gasteiger partial charge in [-0.1, -0.05) is 18.2 Å².